The van der Waals surface area contributed by atoms with Crippen LogP contribution < -0.4 is 0 Å². The van der Waals surface area contributed by atoms with Gasteiger partial charge in [0.15, 0.2) is 5.65 Å². The Kier molecular flexibility index (Phi) is 2.54. The van der Waals surface area contributed by atoms with Gasteiger partial charge in [-0.25, -0.2) is 0 Å². The second kappa shape index (κ2) is 3.59. The van der Waals surface area contributed by atoms with Gasteiger partial charge in [-0.3, -0.25) is 4.40 Å². The highest BCUT2D eigenvalue weighted by Crippen LogP contribution is 2.20. The Hall–Kier alpha value is -0.900. The third-order valence-electron chi connectivity index (χ3n) is 2.13. The van der Waals surface area contributed by atoms with Gasteiger partial charge in [0, 0.05) is 17.1 Å². The molecule has 0 saturated heterocycles. The van der Waals surface area contributed by atoms with E-state index in [1.165, 1.54) is 0 Å². The molecule has 0 fully saturated rings. The van der Waals surface area contributed by atoms with Gasteiger partial charge < -0.3 is 0 Å². The summed E-state index contributed by atoms with van der Waals surface area (Å²) in [5.41, 5.74) is 1.12. The molecule has 0 atom stereocenters. The molecule has 80 valence electrons. The lowest BCUT2D eigenvalue weighted by molar-refractivity contribution is 0.399. The van der Waals surface area contributed by atoms with Crippen molar-refractivity contribution in [2.75, 3.05) is 0 Å². The molecule has 15 heavy (non-hydrogen) atoms. The molecule has 0 aliphatic carbocycles. The predicted molar refractivity (Wildman–Crippen MR) is 63.8 cm³/mol. The lowest BCUT2D eigenvalue weighted by atomic mass is 9.92. The Labute approximate surface area is 97.6 Å². The van der Waals surface area contributed by atoms with Crippen LogP contribution in [0.3, 0.4) is 0 Å². The van der Waals surface area contributed by atoms with Crippen LogP contribution in [0.25, 0.3) is 5.65 Å². The average Bonchev–Trinajstić information content (AvgIpc) is 2.45. The lowest BCUT2D eigenvalue weighted by Gasteiger charge is -2.16. The minimum absolute atomic E-state index is 0.232. The molecule has 2 rings (SSSR count). The third kappa shape index (κ3) is 2.37. The van der Waals surface area contributed by atoms with E-state index in [1.54, 1.807) is 0 Å². The van der Waals surface area contributed by atoms with Crippen molar-refractivity contribution in [3.05, 3.63) is 28.6 Å². The molecule has 0 unspecified atom stereocenters. The maximum atomic E-state index is 4.21. The quantitative estimate of drug-likeness (QED) is 0.795. The van der Waals surface area contributed by atoms with E-state index in [4.69, 9.17) is 0 Å². The van der Waals surface area contributed by atoms with Gasteiger partial charge in [-0.2, -0.15) is 0 Å². The highest BCUT2D eigenvalue weighted by Gasteiger charge is 2.15. The number of aromatic nitrogens is 3. The monoisotopic (exact) mass is 267 g/mol. The second-order valence-electron chi connectivity index (χ2n) is 4.93. The maximum Gasteiger partial charge on any atom is 0.161 e. The number of pyridine rings is 1. The van der Waals surface area contributed by atoms with Crippen LogP contribution in [0.2, 0.25) is 0 Å². The predicted octanol–water partition coefficient (Wildman–Crippen LogP) is 3.08. The van der Waals surface area contributed by atoms with Crippen molar-refractivity contribution < 1.29 is 0 Å². The van der Waals surface area contributed by atoms with E-state index in [-0.39, 0.29) is 5.41 Å². The molecule has 2 aromatic heterocycles. The van der Waals surface area contributed by atoms with Crippen LogP contribution in [0.4, 0.5) is 0 Å². The fraction of sp³-hybridized carbons (Fsp3) is 0.455. The van der Waals surface area contributed by atoms with Gasteiger partial charge in [0.1, 0.15) is 5.82 Å². The zero-order chi connectivity index (χ0) is 11.1. The molecule has 3 nitrogen and oxygen atoms in total. The van der Waals surface area contributed by atoms with Crippen molar-refractivity contribution in [2.45, 2.75) is 27.2 Å². The minimum Gasteiger partial charge on any atom is -0.286 e. The summed E-state index contributed by atoms with van der Waals surface area (Å²) >= 11 is 3.42. The van der Waals surface area contributed by atoms with Crippen LogP contribution in [0.1, 0.15) is 26.6 Å². The minimum atomic E-state index is 0.232. The average molecular weight is 268 g/mol. The Morgan fingerprint density at radius 2 is 2.07 bits per heavy atom. The molecule has 2 aromatic rings. The smallest absolute Gasteiger partial charge is 0.161 e. The fourth-order valence-corrected chi connectivity index (χ4v) is 1.83. The molecular weight excluding hydrogens is 254 g/mol. The van der Waals surface area contributed by atoms with Crippen molar-refractivity contribution in [2.24, 2.45) is 5.41 Å². The zero-order valence-corrected chi connectivity index (χ0v) is 10.7. The first kappa shape index (κ1) is 10.6. The van der Waals surface area contributed by atoms with Crippen LogP contribution in [0.5, 0.6) is 0 Å². The highest BCUT2D eigenvalue weighted by molar-refractivity contribution is 9.10. The van der Waals surface area contributed by atoms with Crippen LogP contribution in [0, 0.1) is 5.41 Å². The molecule has 0 bridgehead atoms. The molecule has 0 N–H and O–H groups in total. The molecule has 0 spiro atoms. The molecular formula is C11H14BrN3. The summed E-state index contributed by atoms with van der Waals surface area (Å²) in [7, 11) is 0. The Balaban J connectivity index is 2.45. The van der Waals surface area contributed by atoms with Gasteiger partial charge in [0.2, 0.25) is 0 Å². The molecule has 0 aliphatic heterocycles. The number of hydrogen-bond donors (Lipinski definition) is 0. The lowest BCUT2D eigenvalue weighted by Crippen LogP contribution is -2.11. The summed E-state index contributed by atoms with van der Waals surface area (Å²) in [6.45, 7) is 6.60. The molecule has 0 radical (unpaired) electrons. The summed E-state index contributed by atoms with van der Waals surface area (Å²) in [6, 6.07) is 3.97. The second-order valence-corrected chi connectivity index (χ2v) is 5.84. The van der Waals surface area contributed by atoms with Crippen molar-refractivity contribution in [1.29, 1.82) is 0 Å². The summed E-state index contributed by atoms with van der Waals surface area (Å²) in [6.07, 6.45) is 2.93. The largest absolute Gasteiger partial charge is 0.286 e. The van der Waals surface area contributed by atoms with Gasteiger partial charge in [0.25, 0.3) is 0 Å². The van der Waals surface area contributed by atoms with Crippen molar-refractivity contribution in [3.63, 3.8) is 0 Å². The highest BCUT2D eigenvalue weighted by atomic mass is 79.9. The SMILES string of the molecule is CC(C)(C)Cc1nnc2cc(Br)ccn12. The molecule has 0 aromatic carbocycles. The first-order valence-corrected chi connectivity index (χ1v) is 5.74. The van der Waals surface area contributed by atoms with Gasteiger partial charge in [0.05, 0.1) is 0 Å². The number of halogens is 1. The Bertz CT molecular complexity index is 482. The zero-order valence-electron chi connectivity index (χ0n) is 9.16. The molecule has 0 aliphatic rings. The van der Waals surface area contributed by atoms with Gasteiger partial charge >= 0.3 is 0 Å². The summed E-state index contributed by atoms with van der Waals surface area (Å²) in [4.78, 5) is 0. The van der Waals surface area contributed by atoms with E-state index in [1.807, 2.05) is 22.7 Å². The number of hydrogen-bond acceptors (Lipinski definition) is 2. The van der Waals surface area contributed by atoms with E-state index in [2.05, 4.69) is 46.9 Å². The van der Waals surface area contributed by atoms with E-state index in [9.17, 15) is 0 Å². The maximum absolute atomic E-state index is 4.21. The normalized spacial score (nSPS) is 12.3. The summed E-state index contributed by atoms with van der Waals surface area (Å²) < 4.78 is 3.07. The molecule has 0 saturated carbocycles. The number of rotatable bonds is 1. The van der Waals surface area contributed by atoms with Crippen molar-refractivity contribution >= 4 is 21.6 Å². The fourth-order valence-electron chi connectivity index (χ4n) is 1.51. The first-order valence-electron chi connectivity index (χ1n) is 4.95. The van der Waals surface area contributed by atoms with E-state index < -0.39 is 0 Å². The van der Waals surface area contributed by atoms with Gasteiger partial charge in [-0.05, 0) is 17.5 Å². The Morgan fingerprint density at radius 3 is 2.73 bits per heavy atom. The third-order valence-corrected chi connectivity index (χ3v) is 2.62. The van der Waals surface area contributed by atoms with Gasteiger partial charge in [-0.1, -0.05) is 36.7 Å². The number of fused-ring (bicyclic) bond motifs is 1. The van der Waals surface area contributed by atoms with Crippen LogP contribution >= 0.6 is 15.9 Å². The van der Waals surface area contributed by atoms with Crippen LogP contribution in [-0.2, 0) is 6.42 Å². The molecule has 0 amide bonds. The van der Waals surface area contributed by atoms with Crippen LogP contribution in [-0.4, -0.2) is 14.6 Å². The van der Waals surface area contributed by atoms with Gasteiger partial charge in [-0.15, -0.1) is 10.2 Å². The molecule has 2 heterocycles. The topological polar surface area (TPSA) is 30.2 Å². The summed E-state index contributed by atoms with van der Waals surface area (Å²) in [5.74, 6) is 1.02. The van der Waals surface area contributed by atoms with Crippen molar-refractivity contribution in [3.8, 4) is 0 Å². The van der Waals surface area contributed by atoms with E-state index in [0.717, 1.165) is 22.4 Å². The standard InChI is InChI=1S/C11H14BrN3/c1-11(2,3)7-10-14-13-9-6-8(12)4-5-15(9)10/h4-6H,7H2,1-3H3. The van der Waals surface area contributed by atoms with Crippen LogP contribution in [0.15, 0.2) is 22.8 Å². The summed E-state index contributed by atoms with van der Waals surface area (Å²) in [5, 5.41) is 8.36. The van der Waals surface area contributed by atoms with Crippen molar-refractivity contribution in [1.82, 2.24) is 14.6 Å². The van der Waals surface area contributed by atoms with E-state index >= 15 is 0 Å². The van der Waals surface area contributed by atoms with E-state index in [0.29, 0.717) is 0 Å². The number of nitrogens with zero attached hydrogens (tertiary/aromatic N) is 3. The molecule has 4 heteroatoms. The first-order chi connectivity index (χ1) is 6.96. The Morgan fingerprint density at radius 1 is 1.33 bits per heavy atom.